The Morgan fingerprint density at radius 1 is 1.12 bits per heavy atom. The first-order valence-electron chi connectivity index (χ1n) is 8.47. The Kier molecular flexibility index (Phi) is 4.02. The number of ketones is 1. The lowest BCUT2D eigenvalue weighted by Gasteiger charge is -2.33. The summed E-state index contributed by atoms with van der Waals surface area (Å²) in [5.74, 6) is 0.173. The van der Waals surface area contributed by atoms with Crippen molar-refractivity contribution < 1.29 is 9.53 Å². The lowest BCUT2D eigenvalue weighted by molar-refractivity contribution is -0.117. The number of ether oxygens (including phenoxy) is 1. The van der Waals surface area contributed by atoms with Gasteiger partial charge in [-0.25, -0.2) is 0 Å². The van der Waals surface area contributed by atoms with Crippen LogP contribution in [0, 0.1) is 11.3 Å². The number of hydrogen-bond donors (Lipinski definition) is 1. The minimum Gasteiger partial charge on any atom is -0.444 e. The molecule has 5 heteroatoms. The summed E-state index contributed by atoms with van der Waals surface area (Å²) in [6, 6.07) is 15.7. The Morgan fingerprint density at radius 3 is 2.58 bits per heavy atom. The van der Waals surface area contributed by atoms with Gasteiger partial charge in [0.25, 0.3) is 0 Å². The summed E-state index contributed by atoms with van der Waals surface area (Å²) >= 11 is 0. The van der Waals surface area contributed by atoms with E-state index in [1.165, 1.54) is 0 Å². The second-order valence-electron chi connectivity index (χ2n) is 6.49. The van der Waals surface area contributed by atoms with Crippen LogP contribution >= 0.6 is 0 Å². The molecule has 0 amide bonds. The van der Waals surface area contributed by atoms with Crippen molar-refractivity contribution in [2.75, 3.05) is 0 Å². The third-order valence-corrected chi connectivity index (χ3v) is 4.95. The summed E-state index contributed by atoms with van der Waals surface area (Å²) in [7, 11) is 0. The van der Waals surface area contributed by atoms with Crippen molar-refractivity contribution in [2.45, 2.75) is 24.7 Å². The van der Waals surface area contributed by atoms with Crippen molar-refractivity contribution in [3.8, 4) is 6.07 Å². The maximum atomic E-state index is 13.0. The van der Waals surface area contributed by atoms with Crippen molar-refractivity contribution in [2.24, 2.45) is 5.73 Å². The fourth-order valence-electron chi connectivity index (χ4n) is 3.75. The van der Waals surface area contributed by atoms with Gasteiger partial charge in [0, 0.05) is 30.8 Å². The lowest BCUT2D eigenvalue weighted by atomic mass is 9.74. The van der Waals surface area contributed by atoms with E-state index in [-0.39, 0.29) is 23.2 Å². The highest BCUT2D eigenvalue weighted by molar-refractivity contribution is 6.00. The molecule has 2 heterocycles. The van der Waals surface area contributed by atoms with Crippen LogP contribution < -0.4 is 5.73 Å². The van der Waals surface area contributed by atoms with Crippen LogP contribution in [0.2, 0.25) is 0 Å². The van der Waals surface area contributed by atoms with Crippen LogP contribution in [0.4, 0.5) is 0 Å². The molecule has 0 saturated heterocycles. The number of aromatic nitrogens is 1. The molecule has 0 bridgehead atoms. The van der Waals surface area contributed by atoms with Gasteiger partial charge in [-0.1, -0.05) is 36.4 Å². The van der Waals surface area contributed by atoms with E-state index in [0.717, 1.165) is 11.1 Å². The first-order valence-corrected chi connectivity index (χ1v) is 8.47. The van der Waals surface area contributed by atoms with Gasteiger partial charge in [-0.05, 0) is 23.1 Å². The van der Waals surface area contributed by atoms with Gasteiger partial charge in [-0.15, -0.1) is 0 Å². The number of carbonyl (C=O) groups excluding carboxylic acids is 1. The number of benzene rings is 1. The van der Waals surface area contributed by atoms with Crippen molar-refractivity contribution in [1.82, 2.24) is 4.98 Å². The highest BCUT2D eigenvalue weighted by Crippen LogP contribution is 2.46. The first kappa shape index (κ1) is 16.1. The molecule has 4 rings (SSSR count). The van der Waals surface area contributed by atoms with E-state index in [1.807, 2.05) is 36.4 Å². The van der Waals surface area contributed by atoms with E-state index in [1.54, 1.807) is 18.5 Å². The topological polar surface area (TPSA) is 89.0 Å². The quantitative estimate of drug-likeness (QED) is 0.904. The zero-order chi connectivity index (χ0) is 18.1. The molecule has 26 heavy (non-hydrogen) atoms. The van der Waals surface area contributed by atoms with Crippen LogP contribution in [-0.2, 0) is 9.53 Å². The number of pyridine rings is 1. The van der Waals surface area contributed by atoms with Gasteiger partial charge in [0.2, 0.25) is 5.88 Å². The Bertz CT molecular complexity index is 956. The minimum absolute atomic E-state index is 0.00536. The SMILES string of the molecule is N#CC1=C(N)OC2=C(C(=O)C[C@H](c3ccccc3)C2)[C@@H]1c1cccnc1. The smallest absolute Gasteiger partial charge is 0.205 e. The average Bonchev–Trinajstić information content (AvgIpc) is 2.68. The van der Waals surface area contributed by atoms with Crippen molar-refractivity contribution in [3.63, 3.8) is 0 Å². The highest BCUT2D eigenvalue weighted by atomic mass is 16.5. The first-order chi connectivity index (χ1) is 12.7. The summed E-state index contributed by atoms with van der Waals surface area (Å²) in [5, 5.41) is 9.58. The molecule has 2 aromatic rings. The van der Waals surface area contributed by atoms with Crippen LogP contribution in [0.25, 0.3) is 0 Å². The highest BCUT2D eigenvalue weighted by Gasteiger charge is 2.40. The van der Waals surface area contributed by atoms with Gasteiger partial charge in [-0.2, -0.15) is 5.26 Å². The van der Waals surface area contributed by atoms with Crippen molar-refractivity contribution >= 4 is 5.78 Å². The third kappa shape index (κ3) is 2.66. The van der Waals surface area contributed by atoms with Gasteiger partial charge in [0.1, 0.15) is 17.4 Å². The molecule has 0 unspecified atom stereocenters. The van der Waals surface area contributed by atoms with Crippen LogP contribution in [0.5, 0.6) is 0 Å². The lowest BCUT2D eigenvalue weighted by Crippen LogP contribution is -2.29. The molecule has 2 aliphatic rings. The Morgan fingerprint density at radius 2 is 1.88 bits per heavy atom. The number of nitrogens with two attached hydrogens (primary N) is 1. The van der Waals surface area contributed by atoms with Crippen LogP contribution in [0.1, 0.15) is 35.8 Å². The molecule has 1 aromatic heterocycles. The summed E-state index contributed by atoms with van der Waals surface area (Å²) in [4.78, 5) is 17.2. The second kappa shape index (κ2) is 6.49. The monoisotopic (exact) mass is 343 g/mol. The summed E-state index contributed by atoms with van der Waals surface area (Å²) < 4.78 is 5.74. The molecule has 1 aliphatic carbocycles. The van der Waals surface area contributed by atoms with E-state index >= 15 is 0 Å². The predicted octanol–water partition coefficient (Wildman–Crippen LogP) is 3.29. The average molecular weight is 343 g/mol. The molecule has 1 aromatic carbocycles. The second-order valence-corrected chi connectivity index (χ2v) is 6.49. The third-order valence-electron chi connectivity index (χ3n) is 4.95. The Hall–Kier alpha value is -3.39. The van der Waals surface area contributed by atoms with Gasteiger partial charge in [0.15, 0.2) is 5.78 Å². The van der Waals surface area contributed by atoms with Crippen LogP contribution in [-0.4, -0.2) is 10.8 Å². The van der Waals surface area contributed by atoms with Crippen molar-refractivity contribution in [3.05, 3.63) is 88.8 Å². The maximum absolute atomic E-state index is 13.0. The number of hydrogen-bond acceptors (Lipinski definition) is 5. The fraction of sp³-hybridized carbons (Fsp3) is 0.190. The molecule has 128 valence electrons. The maximum Gasteiger partial charge on any atom is 0.205 e. The zero-order valence-corrected chi connectivity index (χ0v) is 14.1. The van der Waals surface area contributed by atoms with Crippen LogP contribution in [0.3, 0.4) is 0 Å². The van der Waals surface area contributed by atoms with Gasteiger partial charge in [-0.3, -0.25) is 9.78 Å². The molecule has 0 saturated carbocycles. The van der Waals surface area contributed by atoms with E-state index in [0.29, 0.717) is 24.2 Å². The van der Waals surface area contributed by atoms with E-state index in [9.17, 15) is 10.1 Å². The summed E-state index contributed by atoms with van der Waals surface area (Å²) in [6.07, 6.45) is 4.30. The molecule has 0 fully saturated rings. The molecule has 1 aliphatic heterocycles. The molecular formula is C21H17N3O2. The number of carbonyl (C=O) groups is 1. The van der Waals surface area contributed by atoms with E-state index in [2.05, 4.69) is 11.1 Å². The molecule has 5 nitrogen and oxygen atoms in total. The van der Waals surface area contributed by atoms with E-state index in [4.69, 9.17) is 10.5 Å². The number of nitrogens with zero attached hydrogens (tertiary/aromatic N) is 2. The number of allylic oxidation sites excluding steroid dienone is 3. The summed E-state index contributed by atoms with van der Waals surface area (Å²) in [6.45, 7) is 0. The number of Topliss-reactive ketones (excluding diaryl/α,β-unsaturated/α-hetero) is 1. The fourth-order valence-corrected chi connectivity index (χ4v) is 3.75. The Balaban J connectivity index is 1.79. The molecule has 0 radical (unpaired) electrons. The summed E-state index contributed by atoms with van der Waals surface area (Å²) in [5.41, 5.74) is 8.70. The van der Waals surface area contributed by atoms with Gasteiger partial charge >= 0.3 is 0 Å². The van der Waals surface area contributed by atoms with Crippen LogP contribution in [0.15, 0.2) is 77.6 Å². The molecule has 0 spiro atoms. The normalized spacial score (nSPS) is 22.5. The van der Waals surface area contributed by atoms with Gasteiger partial charge < -0.3 is 10.5 Å². The molecule has 2 atom stereocenters. The van der Waals surface area contributed by atoms with Gasteiger partial charge in [0.05, 0.1) is 5.92 Å². The number of rotatable bonds is 2. The largest absolute Gasteiger partial charge is 0.444 e. The molecular weight excluding hydrogens is 326 g/mol. The predicted molar refractivity (Wildman–Crippen MR) is 95.3 cm³/mol. The minimum atomic E-state index is -0.512. The van der Waals surface area contributed by atoms with E-state index < -0.39 is 5.92 Å². The Labute approximate surface area is 151 Å². The zero-order valence-electron chi connectivity index (χ0n) is 14.1. The molecule has 2 N–H and O–H groups in total. The standard InChI is InChI=1S/C21H17N3O2/c22-11-16-19(14-7-4-8-24-12-14)20-17(25)9-15(10-18(20)26-21(16)23)13-5-2-1-3-6-13/h1-8,12,15,19H,9-10,23H2/t15-,19+/m0/s1. The number of nitriles is 1. The van der Waals surface area contributed by atoms with Crippen molar-refractivity contribution in [1.29, 1.82) is 5.26 Å².